The first kappa shape index (κ1) is 13.1. The van der Waals surface area contributed by atoms with E-state index in [4.69, 9.17) is 18.9 Å². The molecule has 0 aliphatic carbocycles. The molecule has 4 nitrogen and oxygen atoms in total. The second-order valence-corrected chi connectivity index (χ2v) is 5.11. The fourth-order valence-corrected chi connectivity index (χ4v) is 2.74. The van der Waals surface area contributed by atoms with Crippen molar-refractivity contribution < 1.29 is 18.9 Å². The molecule has 4 heteroatoms. The van der Waals surface area contributed by atoms with Gasteiger partial charge in [0.25, 0.3) is 0 Å². The Bertz CT molecular complexity index is 408. The van der Waals surface area contributed by atoms with E-state index in [-0.39, 0.29) is 30.7 Å². The van der Waals surface area contributed by atoms with Gasteiger partial charge in [-0.1, -0.05) is 30.3 Å². The Morgan fingerprint density at radius 2 is 2.00 bits per heavy atom. The highest BCUT2D eigenvalue weighted by molar-refractivity contribution is 5.17. The summed E-state index contributed by atoms with van der Waals surface area (Å²) in [6.07, 6.45) is 0.669. The maximum absolute atomic E-state index is 6.15. The van der Waals surface area contributed by atoms with Crippen molar-refractivity contribution in [1.82, 2.24) is 0 Å². The molecular weight excluding hydrogens is 244 g/mol. The summed E-state index contributed by atoms with van der Waals surface area (Å²) in [5.41, 5.74) is 1.18. The highest BCUT2D eigenvalue weighted by atomic mass is 16.7. The second-order valence-electron chi connectivity index (χ2n) is 5.11. The van der Waals surface area contributed by atoms with Gasteiger partial charge in [0.2, 0.25) is 0 Å². The average molecular weight is 264 g/mol. The zero-order valence-corrected chi connectivity index (χ0v) is 11.3. The molecule has 0 radical (unpaired) electrons. The first-order valence-corrected chi connectivity index (χ1v) is 6.78. The predicted octanol–water partition coefficient (Wildman–Crippen LogP) is 2.29. The van der Waals surface area contributed by atoms with E-state index in [1.54, 1.807) is 7.11 Å². The lowest BCUT2D eigenvalue weighted by Gasteiger charge is -2.34. The Labute approximate surface area is 113 Å². The van der Waals surface area contributed by atoms with Gasteiger partial charge in [0.15, 0.2) is 6.29 Å². The highest BCUT2D eigenvalue weighted by Crippen LogP contribution is 2.33. The van der Waals surface area contributed by atoms with Crippen LogP contribution in [0, 0.1) is 0 Å². The Balaban J connectivity index is 1.66. The first-order chi connectivity index (χ1) is 9.28. The van der Waals surface area contributed by atoms with Crippen LogP contribution in [0.1, 0.15) is 25.0 Å². The number of benzene rings is 1. The van der Waals surface area contributed by atoms with Gasteiger partial charge < -0.3 is 18.9 Å². The summed E-state index contributed by atoms with van der Waals surface area (Å²) in [5, 5.41) is 0. The second kappa shape index (κ2) is 5.59. The molecule has 2 unspecified atom stereocenters. The lowest BCUT2D eigenvalue weighted by Crippen LogP contribution is -2.44. The molecule has 2 saturated heterocycles. The number of ether oxygens (including phenoxy) is 4. The predicted molar refractivity (Wildman–Crippen MR) is 69.8 cm³/mol. The summed E-state index contributed by atoms with van der Waals surface area (Å²) >= 11 is 0. The van der Waals surface area contributed by atoms with Crippen molar-refractivity contribution in [3.8, 4) is 0 Å². The standard InChI is InChI=1S/C15H20O4/c1-10(11-6-4-3-5-7-11)18-12-8-13(16-2)15-17-9-14(12)19-15/h3-7,10,12-15H,8-9H2,1-2H3/t10?,12-,13+,14+,15?/m0/s1. The summed E-state index contributed by atoms with van der Waals surface area (Å²) in [5.74, 6) is 0. The summed E-state index contributed by atoms with van der Waals surface area (Å²) in [7, 11) is 1.69. The van der Waals surface area contributed by atoms with Crippen LogP contribution < -0.4 is 0 Å². The largest absolute Gasteiger partial charge is 0.376 e. The van der Waals surface area contributed by atoms with E-state index in [1.807, 2.05) is 18.2 Å². The Kier molecular flexibility index (Phi) is 3.84. The SMILES string of the molecule is CO[C@@H]1C[C@H](OC(C)c2ccccc2)[C@H]2COC1O2. The molecule has 2 heterocycles. The fraction of sp³-hybridized carbons (Fsp3) is 0.600. The van der Waals surface area contributed by atoms with Crippen LogP contribution in [0.4, 0.5) is 0 Å². The third-order valence-corrected chi connectivity index (χ3v) is 3.87. The Hall–Kier alpha value is -0.940. The molecule has 2 aliphatic heterocycles. The molecule has 104 valence electrons. The third-order valence-electron chi connectivity index (χ3n) is 3.87. The average Bonchev–Trinajstić information content (AvgIpc) is 2.88. The monoisotopic (exact) mass is 264 g/mol. The molecule has 3 rings (SSSR count). The molecular formula is C15H20O4. The van der Waals surface area contributed by atoms with Crippen molar-refractivity contribution in [2.45, 2.75) is 44.1 Å². The van der Waals surface area contributed by atoms with Crippen LogP contribution >= 0.6 is 0 Å². The molecule has 0 saturated carbocycles. The topological polar surface area (TPSA) is 36.9 Å². The zero-order valence-electron chi connectivity index (χ0n) is 11.3. The molecule has 2 fully saturated rings. The van der Waals surface area contributed by atoms with Gasteiger partial charge in [-0.05, 0) is 12.5 Å². The molecule has 0 amide bonds. The molecule has 2 aliphatic rings. The maximum atomic E-state index is 6.15. The van der Waals surface area contributed by atoms with Crippen molar-refractivity contribution in [3.05, 3.63) is 35.9 Å². The van der Waals surface area contributed by atoms with E-state index in [0.717, 1.165) is 6.42 Å². The number of methoxy groups -OCH3 is 1. The van der Waals surface area contributed by atoms with Crippen LogP contribution in [0.3, 0.4) is 0 Å². The van der Waals surface area contributed by atoms with Crippen molar-refractivity contribution in [2.75, 3.05) is 13.7 Å². The Morgan fingerprint density at radius 3 is 2.74 bits per heavy atom. The molecule has 1 aromatic rings. The number of hydrogen-bond acceptors (Lipinski definition) is 4. The zero-order chi connectivity index (χ0) is 13.2. The van der Waals surface area contributed by atoms with Crippen molar-refractivity contribution in [3.63, 3.8) is 0 Å². The van der Waals surface area contributed by atoms with E-state index in [9.17, 15) is 0 Å². The van der Waals surface area contributed by atoms with Gasteiger partial charge in [-0.2, -0.15) is 0 Å². The van der Waals surface area contributed by atoms with E-state index in [1.165, 1.54) is 5.56 Å². The number of fused-ring (bicyclic) bond motifs is 2. The summed E-state index contributed by atoms with van der Waals surface area (Å²) in [6.45, 7) is 2.66. The normalized spacial score (nSPS) is 35.3. The highest BCUT2D eigenvalue weighted by Gasteiger charge is 2.45. The Morgan fingerprint density at radius 1 is 1.21 bits per heavy atom. The van der Waals surface area contributed by atoms with E-state index >= 15 is 0 Å². The maximum Gasteiger partial charge on any atom is 0.184 e. The lowest BCUT2D eigenvalue weighted by molar-refractivity contribution is -0.206. The van der Waals surface area contributed by atoms with Crippen LogP contribution in [0.25, 0.3) is 0 Å². The van der Waals surface area contributed by atoms with Crippen LogP contribution in [0.15, 0.2) is 30.3 Å². The van der Waals surface area contributed by atoms with Crippen molar-refractivity contribution in [2.24, 2.45) is 0 Å². The summed E-state index contributed by atoms with van der Waals surface area (Å²) < 4.78 is 22.9. The minimum atomic E-state index is -0.220. The smallest absolute Gasteiger partial charge is 0.184 e. The van der Waals surface area contributed by atoms with Gasteiger partial charge in [-0.3, -0.25) is 0 Å². The molecule has 1 aromatic carbocycles. The molecule has 0 N–H and O–H groups in total. The van der Waals surface area contributed by atoms with Gasteiger partial charge >= 0.3 is 0 Å². The van der Waals surface area contributed by atoms with Crippen LogP contribution in [-0.2, 0) is 18.9 Å². The third kappa shape index (κ3) is 2.67. The van der Waals surface area contributed by atoms with Crippen molar-refractivity contribution >= 4 is 0 Å². The molecule has 0 spiro atoms. The van der Waals surface area contributed by atoms with E-state index < -0.39 is 0 Å². The van der Waals surface area contributed by atoms with Gasteiger partial charge in [0.1, 0.15) is 12.2 Å². The van der Waals surface area contributed by atoms with Gasteiger partial charge in [-0.15, -0.1) is 0 Å². The molecule has 2 bridgehead atoms. The quantitative estimate of drug-likeness (QED) is 0.836. The molecule has 5 atom stereocenters. The van der Waals surface area contributed by atoms with Crippen molar-refractivity contribution in [1.29, 1.82) is 0 Å². The number of hydrogen-bond donors (Lipinski definition) is 0. The summed E-state index contributed by atoms with van der Waals surface area (Å²) in [4.78, 5) is 0. The minimum Gasteiger partial charge on any atom is -0.376 e. The van der Waals surface area contributed by atoms with Gasteiger partial charge in [0, 0.05) is 13.5 Å². The number of rotatable bonds is 4. The fourth-order valence-electron chi connectivity index (χ4n) is 2.74. The lowest BCUT2D eigenvalue weighted by atomic mass is 10.0. The van der Waals surface area contributed by atoms with E-state index in [2.05, 4.69) is 19.1 Å². The van der Waals surface area contributed by atoms with E-state index in [0.29, 0.717) is 6.61 Å². The van der Waals surface area contributed by atoms with Crippen LogP contribution in [0.5, 0.6) is 0 Å². The minimum absolute atomic E-state index is 0.0268. The van der Waals surface area contributed by atoms with Gasteiger partial charge in [-0.25, -0.2) is 0 Å². The van der Waals surface area contributed by atoms with Crippen LogP contribution in [-0.4, -0.2) is 38.3 Å². The van der Waals surface area contributed by atoms with Crippen LogP contribution in [0.2, 0.25) is 0 Å². The molecule has 19 heavy (non-hydrogen) atoms. The molecule has 0 aromatic heterocycles. The van der Waals surface area contributed by atoms with Gasteiger partial charge in [0.05, 0.1) is 18.8 Å². The summed E-state index contributed by atoms with van der Waals surface area (Å²) in [6, 6.07) is 10.2. The first-order valence-electron chi connectivity index (χ1n) is 6.78.